The summed E-state index contributed by atoms with van der Waals surface area (Å²) in [6.45, 7) is 2.44. The van der Waals surface area contributed by atoms with E-state index in [1.165, 1.54) is 4.90 Å². The fraction of sp³-hybridized carbons (Fsp3) is 0.357. The predicted octanol–water partition coefficient (Wildman–Crippen LogP) is 1.85. The molecule has 0 aromatic heterocycles. The van der Waals surface area contributed by atoms with Crippen LogP contribution in [0.2, 0.25) is 0 Å². The molecule has 19 heavy (non-hydrogen) atoms. The van der Waals surface area contributed by atoms with Gasteiger partial charge in [-0.25, -0.2) is 0 Å². The third kappa shape index (κ3) is 3.72. The Hall–Kier alpha value is -2.53. The molecular weight excluding hydrogens is 240 g/mol. The van der Waals surface area contributed by atoms with E-state index in [0.29, 0.717) is 24.3 Å². The minimum atomic E-state index is -0.185. The Morgan fingerprint density at radius 2 is 1.84 bits per heavy atom. The van der Waals surface area contributed by atoms with Gasteiger partial charge in [-0.1, -0.05) is 6.07 Å². The van der Waals surface area contributed by atoms with Crippen molar-refractivity contribution in [2.45, 2.75) is 19.8 Å². The molecule has 5 heteroatoms. The molecule has 1 aromatic rings. The number of nitrogen functional groups attached to an aromatic ring is 1. The maximum atomic E-state index is 12.4. The summed E-state index contributed by atoms with van der Waals surface area (Å²) in [5.41, 5.74) is 7.60. The number of hydrogen-bond donors (Lipinski definition) is 1. The molecule has 1 rings (SSSR count). The van der Waals surface area contributed by atoms with E-state index in [4.69, 9.17) is 16.3 Å². The van der Waals surface area contributed by atoms with Crippen LogP contribution >= 0.6 is 0 Å². The summed E-state index contributed by atoms with van der Waals surface area (Å²) in [6, 6.07) is 9.18. The molecular formula is C14H16N4O. The average molecular weight is 256 g/mol. The smallest absolute Gasteiger partial charge is 0.254 e. The molecule has 0 radical (unpaired) electrons. The minimum absolute atomic E-state index is 0.185. The van der Waals surface area contributed by atoms with Crippen LogP contribution in [0.1, 0.15) is 28.8 Å². The first-order chi connectivity index (χ1) is 9.11. The highest BCUT2D eigenvalue weighted by molar-refractivity contribution is 5.96. The maximum absolute atomic E-state index is 12.4. The maximum Gasteiger partial charge on any atom is 0.254 e. The summed E-state index contributed by atoms with van der Waals surface area (Å²) in [7, 11) is 0. The molecule has 0 saturated heterocycles. The number of amides is 1. The molecule has 0 spiro atoms. The minimum Gasteiger partial charge on any atom is -0.398 e. The average Bonchev–Trinajstić information content (AvgIpc) is 2.41. The molecule has 0 aliphatic rings. The number of carbonyl (C=O) groups is 1. The number of anilines is 1. The number of nitrogens with zero attached hydrogens (tertiary/aromatic N) is 3. The zero-order valence-corrected chi connectivity index (χ0v) is 10.9. The lowest BCUT2D eigenvalue weighted by atomic mass is 10.1. The summed E-state index contributed by atoms with van der Waals surface area (Å²) < 4.78 is 0. The first kappa shape index (κ1) is 14.5. The van der Waals surface area contributed by atoms with Crippen LogP contribution in [0.5, 0.6) is 0 Å². The predicted molar refractivity (Wildman–Crippen MR) is 72.0 cm³/mol. The van der Waals surface area contributed by atoms with Crippen LogP contribution in [0.25, 0.3) is 0 Å². The van der Waals surface area contributed by atoms with E-state index in [2.05, 4.69) is 0 Å². The molecule has 98 valence electrons. The number of nitrogens with two attached hydrogens (primary N) is 1. The Labute approximate surface area is 112 Å². The highest BCUT2D eigenvalue weighted by Crippen LogP contribution is 2.17. The Bertz CT molecular complexity index is 521. The summed E-state index contributed by atoms with van der Waals surface area (Å²) in [5, 5.41) is 17.2. The van der Waals surface area contributed by atoms with Crippen LogP contribution in [0.3, 0.4) is 0 Å². The molecule has 1 aromatic carbocycles. The van der Waals surface area contributed by atoms with Crippen molar-refractivity contribution in [1.82, 2.24) is 4.90 Å². The number of benzene rings is 1. The van der Waals surface area contributed by atoms with E-state index in [9.17, 15) is 4.79 Å². The third-order valence-electron chi connectivity index (χ3n) is 2.88. The van der Waals surface area contributed by atoms with Gasteiger partial charge in [-0.2, -0.15) is 10.5 Å². The van der Waals surface area contributed by atoms with E-state index in [1.807, 2.05) is 12.1 Å². The second-order valence-corrected chi connectivity index (χ2v) is 4.13. The molecule has 0 aliphatic heterocycles. The molecule has 0 fully saturated rings. The summed E-state index contributed by atoms with van der Waals surface area (Å²) in [5.74, 6) is -0.185. The Morgan fingerprint density at radius 3 is 2.37 bits per heavy atom. The van der Waals surface area contributed by atoms with Gasteiger partial charge in [0.25, 0.3) is 5.91 Å². The number of carbonyl (C=O) groups excluding carboxylic acids is 1. The molecule has 5 nitrogen and oxygen atoms in total. The monoisotopic (exact) mass is 256 g/mol. The fourth-order valence-corrected chi connectivity index (χ4v) is 1.74. The molecule has 2 N–H and O–H groups in total. The lowest BCUT2D eigenvalue weighted by molar-refractivity contribution is 0.0762. The number of nitriles is 2. The normalized spacial score (nSPS) is 9.42. The van der Waals surface area contributed by atoms with Gasteiger partial charge in [0, 0.05) is 24.3 Å². The number of hydrogen-bond acceptors (Lipinski definition) is 4. The molecule has 0 unspecified atom stereocenters. The Morgan fingerprint density at radius 1 is 1.26 bits per heavy atom. The summed E-state index contributed by atoms with van der Waals surface area (Å²) in [6.07, 6.45) is 0.497. The van der Waals surface area contributed by atoms with E-state index >= 15 is 0 Å². The summed E-state index contributed by atoms with van der Waals surface area (Å²) in [4.78, 5) is 13.9. The largest absolute Gasteiger partial charge is 0.398 e. The van der Waals surface area contributed by atoms with Gasteiger partial charge in [-0.15, -0.1) is 0 Å². The van der Waals surface area contributed by atoms with Gasteiger partial charge >= 0.3 is 0 Å². The van der Waals surface area contributed by atoms with Gasteiger partial charge in [-0.3, -0.25) is 4.79 Å². The van der Waals surface area contributed by atoms with Crippen molar-refractivity contribution in [3.05, 3.63) is 29.3 Å². The van der Waals surface area contributed by atoms with Crippen molar-refractivity contribution in [3.8, 4) is 12.1 Å². The van der Waals surface area contributed by atoms with Crippen molar-refractivity contribution in [3.63, 3.8) is 0 Å². The molecule has 0 atom stereocenters. The van der Waals surface area contributed by atoms with Crippen LogP contribution in [0, 0.1) is 29.6 Å². The van der Waals surface area contributed by atoms with Crippen molar-refractivity contribution in [1.29, 1.82) is 10.5 Å². The zero-order chi connectivity index (χ0) is 14.3. The van der Waals surface area contributed by atoms with Crippen molar-refractivity contribution in [2.24, 2.45) is 0 Å². The van der Waals surface area contributed by atoms with Crippen LogP contribution in [-0.4, -0.2) is 23.9 Å². The molecule has 1 amide bonds. The lowest BCUT2D eigenvalue weighted by Gasteiger charge is -2.21. The lowest BCUT2D eigenvalue weighted by Crippen LogP contribution is -2.33. The second-order valence-electron chi connectivity index (χ2n) is 4.13. The van der Waals surface area contributed by atoms with Crippen LogP contribution in [0.4, 0.5) is 5.69 Å². The van der Waals surface area contributed by atoms with Gasteiger partial charge in [0.05, 0.1) is 25.0 Å². The quantitative estimate of drug-likeness (QED) is 0.813. The first-order valence-electron chi connectivity index (χ1n) is 6.00. The number of rotatable bonds is 5. The van der Waals surface area contributed by atoms with E-state index in [-0.39, 0.29) is 18.7 Å². The van der Waals surface area contributed by atoms with Crippen LogP contribution in [-0.2, 0) is 0 Å². The van der Waals surface area contributed by atoms with Crippen molar-refractivity contribution in [2.75, 3.05) is 18.8 Å². The molecule has 0 aliphatic carbocycles. The highest BCUT2D eigenvalue weighted by atomic mass is 16.2. The standard InChI is InChI=1S/C14H16N4O/c1-11-12(5-2-6-13(11)17)14(19)18(9-3-7-15)10-4-8-16/h2,5-6H,3-4,9-10,17H2,1H3. The Kier molecular flexibility index (Phi) is 5.37. The zero-order valence-electron chi connectivity index (χ0n) is 10.9. The van der Waals surface area contributed by atoms with Crippen molar-refractivity contribution < 1.29 is 4.79 Å². The van der Waals surface area contributed by atoms with E-state index < -0.39 is 0 Å². The topological polar surface area (TPSA) is 93.9 Å². The third-order valence-corrected chi connectivity index (χ3v) is 2.88. The van der Waals surface area contributed by atoms with Gasteiger partial charge in [0.1, 0.15) is 0 Å². The van der Waals surface area contributed by atoms with Gasteiger partial charge in [-0.05, 0) is 24.6 Å². The fourth-order valence-electron chi connectivity index (χ4n) is 1.74. The highest BCUT2D eigenvalue weighted by Gasteiger charge is 2.17. The molecule has 0 heterocycles. The van der Waals surface area contributed by atoms with Crippen LogP contribution in [0.15, 0.2) is 18.2 Å². The SMILES string of the molecule is Cc1c(N)cccc1C(=O)N(CCC#N)CCC#N. The first-order valence-corrected chi connectivity index (χ1v) is 6.00. The second kappa shape index (κ2) is 7.03. The van der Waals surface area contributed by atoms with Crippen molar-refractivity contribution >= 4 is 11.6 Å². The van der Waals surface area contributed by atoms with Gasteiger partial charge < -0.3 is 10.6 Å². The summed E-state index contributed by atoms with van der Waals surface area (Å²) >= 11 is 0. The van der Waals surface area contributed by atoms with Crippen LogP contribution < -0.4 is 5.73 Å². The molecule has 0 saturated carbocycles. The Balaban J connectivity index is 2.95. The van der Waals surface area contributed by atoms with Gasteiger partial charge in [0.2, 0.25) is 0 Å². The van der Waals surface area contributed by atoms with Gasteiger partial charge in [0.15, 0.2) is 0 Å². The van der Waals surface area contributed by atoms with E-state index in [0.717, 1.165) is 5.56 Å². The van der Waals surface area contributed by atoms with E-state index in [1.54, 1.807) is 25.1 Å². The molecule has 0 bridgehead atoms.